The van der Waals surface area contributed by atoms with Gasteiger partial charge in [-0.3, -0.25) is 4.79 Å². The SMILES string of the molecule is COc1ccc([C@@H](c2ccc(C(F)(F)F)cc2)[C@@H](C)NC(=O)C[C@H](C)O[Si](C)(C)C(C)(C)C)cc1. The summed E-state index contributed by atoms with van der Waals surface area (Å²) in [5.74, 6) is 0.172. The number of carbonyl (C=O) groups excluding carboxylic acids is 1. The van der Waals surface area contributed by atoms with Crippen LogP contribution in [-0.4, -0.2) is 33.5 Å². The molecule has 0 unspecified atom stereocenters. The molecule has 2 rings (SSSR count). The third-order valence-corrected chi connectivity index (χ3v) is 11.3. The maximum Gasteiger partial charge on any atom is 0.416 e. The van der Waals surface area contributed by atoms with Crippen molar-refractivity contribution in [3.63, 3.8) is 0 Å². The van der Waals surface area contributed by atoms with Gasteiger partial charge in [-0.15, -0.1) is 0 Å². The van der Waals surface area contributed by atoms with Crippen molar-refractivity contribution in [2.45, 2.75) is 83.4 Å². The largest absolute Gasteiger partial charge is 0.497 e. The molecule has 8 heteroatoms. The summed E-state index contributed by atoms with van der Waals surface area (Å²) >= 11 is 0. The van der Waals surface area contributed by atoms with Gasteiger partial charge in [0.1, 0.15) is 5.75 Å². The summed E-state index contributed by atoms with van der Waals surface area (Å²) in [6.07, 6.45) is -4.44. The summed E-state index contributed by atoms with van der Waals surface area (Å²) in [5.41, 5.74) is 0.841. The van der Waals surface area contributed by atoms with Gasteiger partial charge in [0.25, 0.3) is 0 Å². The van der Waals surface area contributed by atoms with E-state index in [9.17, 15) is 18.0 Å². The van der Waals surface area contributed by atoms with Crippen LogP contribution in [0.1, 0.15) is 63.6 Å². The molecular weight excluding hydrogens is 471 g/mol. The summed E-state index contributed by atoms with van der Waals surface area (Å²) in [4.78, 5) is 12.9. The van der Waals surface area contributed by atoms with E-state index in [-0.39, 0.29) is 35.4 Å². The van der Waals surface area contributed by atoms with E-state index in [1.54, 1.807) is 19.2 Å². The molecule has 0 aliphatic rings. The fourth-order valence-corrected chi connectivity index (χ4v) is 5.28. The molecule has 4 nitrogen and oxygen atoms in total. The second kappa shape index (κ2) is 11.2. The van der Waals surface area contributed by atoms with E-state index in [0.29, 0.717) is 11.3 Å². The molecule has 0 fully saturated rings. The fourth-order valence-electron chi connectivity index (χ4n) is 3.84. The van der Waals surface area contributed by atoms with Gasteiger partial charge in [-0.1, -0.05) is 45.0 Å². The van der Waals surface area contributed by atoms with Crippen LogP contribution in [0.25, 0.3) is 0 Å². The van der Waals surface area contributed by atoms with Crippen molar-refractivity contribution in [1.82, 2.24) is 5.32 Å². The van der Waals surface area contributed by atoms with E-state index in [1.807, 2.05) is 26.0 Å². The number of rotatable bonds is 9. The molecule has 0 aliphatic heterocycles. The predicted octanol–water partition coefficient (Wildman–Crippen LogP) is 7.15. The van der Waals surface area contributed by atoms with Crippen LogP contribution in [0.3, 0.4) is 0 Å². The summed E-state index contributed by atoms with van der Waals surface area (Å²) in [7, 11) is -0.448. The maximum atomic E-state index is 13.1. The topological polar surface area (TPSA) is 47.6 Å². The molecule has 0 aromatic heterocycles. The zero-order valence-corrected chi connectivity index (χ0v) is 22.9. The van der Waals surface area contributed by atoms with E-state index in [1.165, 1.54) is 12.1 Å². The molecule has 1 amide bonds. The Morgan fingerprint density at radius 2 is 1.43 bits per heavy atom. The van der Waals surface area contributed by atoms with Crippen LogP contribution >= 0.6 is 0 Å². The van der Waals surface area contributed by atoms with Gasteiger partial charge in [0.05, 0.1) is 25.2 Å². The van der Waals surface area contributed by atoms with Gasteiger partial charge in [-0.25, -0.2) is 0 Å². The Kier molecular flexibility index (Phi) is 9.22. The molecule has 0 spiro atoms. The first kappa shape index (κ1) is 28.9. The number of benzene rings is 2. The molecule has 0 heterocycles. The molecule has 1 N–H and O–H groups in total. The van der Waals surface area contributed by atoms with Crippen molar-refractivity contribution < 1.29 is 27.1 Å². The zero-order chi connectivity index (χ0) is 26.6. The van der Waals surface area contributed by atoms with Gasteiger partial charge in [0.2, 0.25) is 5.91 Å². The van der Waals surface area contributed by atoms with Crippen LogP contribution in [-0.2, 0) is 15.4 Å². The van der Waals surface area contributed by atoms with Gasteiger partial charge in [0, 0.05) is 12.0 Å². The Bertz CT molecular complexity index is 967. The molecule has 2 aromatic rings. The van der Waals surface area contributed by atoms with Crippen molar-refractivity contribution in [2.75, 3.05) is 7.11 Å². The minimum Gasteiger partial charge on any atom is -0.497 e. The molecular formula is C27H38F3NO3Si. The first-order chi connectivity index (χ1) is 16.0. The highest BCUT2D eigenvalue weighted by atomic mass is 28.4. The average Bonchev–Trinajstić information content (AvgIpc) is 2.72. The molecule has 0 aliphatic carbocycles. The molecule has 2 aromatic carbocycles. The minimum atomic E-state index is -4.41. The summed E-state index contributed by atoms with van der Waals surface area (Å²) in [5, 5.41) is 3.08. The lowest BCUT2D eigenvalue weighted by atomic mass is 9.85. The summed E-state index contributed by atoms with van der Waals surface area (Å²) < 4.78 is 50.8. The normalized spacial score (nSPS) is 15.3. The van der Waals surface area contributed by atoms with Crippen molar-refractivity contribution in [3.8, 4) is 5.75 Å². The van der Waals surface area contributed by atoms with E-state index >= 15 is 0 Å². The standard InChI is InChI=1S/C27H38F3NO3Si/c1-18(34-35(7,8)26(3,4)5)17-24(32)31-19(2)25(21-11-15-23(33-6)16-12-21)20-9-13-22(14-10-20)27(28,29)30/h9-16,18-19,25H,17H2,1-8H3,(H,31,32)/t18-,19+,25+/m0/s1. The molecule has 0 radical (unpaired) electrons. The van der Waals surface area contributed by atoms with Crippen LogP contribution in [0.15, 0.2) is 48.5 Å². The Morgan fingerprint density at radius 1 is 0.943 bits per heavy atom. The minimum absolute atomic E-state index is 0.0348. The number of methoxy groups -OCH3 is 1. The zero-order valence-electron chi connectivity index (χ0n) is 21.9. The van der Waals surface area contributed by atoms with E-state index < -0.39 is 20.1 Å². The Morgan fingerprint density at radius 3 is 1.86 bits per heavy atom. The highest BCUT2D eigenvalue weighted by Gasteiger charge is 2.38. The smallest absolute Gasteiger partial charge is 0.416 e. The number of amides is 1. The number of alkyl halides is 3. The predicted molar refractivity (Wildman–Crippen MR) is 136 cm³/mol. The monoisotopic (exact) mass is 509 g/mol. The summed E-state index contributed by atoms with van der Waals surface area (Å²) in [6, 6.07) is 12.1. The lowest BCUT2D eigenvalue weighted by Crippen LogP contribution is -2.45. The lowest BCUT2D eigenvalue weighted by molar-refractivity contribution is -0.137. The molecule has 35 heavy (non-hydrogen) atoms. The van der Waals surface area contributed by atoms with E-state index in [0.717, 1.165) is 17.7 Å². The molecule has 0 saturated carbocycles. The third kappa shape index (κ3) is 7.83. The molecule has 194 valence electrons. The number of nitrogens with one attached hydrogen (secondary N) is 1. The van der Waals surface area contributed by atoms with E-state index in [2.05, 4.69) is 39.2 Å². The highest BCUT2D eigenvalue weighted by Crippen LogP contribution is 2.38. The second-order valence-electron chi connectivity index (χ2n) is 10.6. The quantitative estimate of drug-likeness (QED) is 0.365. The first-order valence-corrected chi connectivity index (χ1v) is 14.7. The molecule has 0 bridgehead atoms. The van der Waals surface area contributed by atoms with Crippen molar-refractivity contribution >= 4 is 14.2 Å². The van der Waals surface area contributed by atoms with Gasteiger partial charge in [-0.2, -0.15) is 13.2 Å². The molecule has 0 saturated heterocycles. The van der Waals surface area contributed by atoms with Gasteiger partial charge in [0.15, 0.2) is 8.32 Å². The average molecular weight is 510 g/mol. The van der Waals surface area contributed by atoms with Crippen LogP contribution in [0.2, 0.25) is 18.1 Å². The first-order valence-electron chi connectivity index (χ1n) is 11.8. The fraction of sp³-hybridized carbons (Fsp3) is 0.519. The Balaban J connectivity index is 2.23. The lowest BCUT2D eigenvalue weighted by Gasteiger charge is -2.38. The third-order valence-electron chi connectivity index (χ3n) is 6.74. The second-order valence-corrected chi connectivity index (χ2v) is 15.4. The number of ether oxygens (including phenoxy) is 1. The number of hydrogen-bond acceptors (Lipinski definition) is 3. The van der Waals surface area contributed by atoms with Crippen molar-refractivity contribution in [2.24, 2.45) is 0 Å². The van der Waals surface area contributed by atoms with Crippen LogP contribution in [0, 0.1) is 0 Å². The Hall–Kier alpha value is -2.32. The number of hydrogen-bond donors (Lipinski definition) is 1. The van der Waals surface area contributed by atoms with E-state index in [4.69, 9.17) is 9.16 Å². The number of halogens is 3. The van der Waals surface area contributed by atoms with Crippen LogP contribution in [0.4, 0.5) is 13.2 Å². The number of carbonyl (C=O) groups is 1. The van der Waals surface area contributed by atoms with Gasteiger partial charge in [-0.05, 0) is 67.4 Å². The maximum absolute atomic E-state index is 13.1. The molecule has 3 atom stereocenters. The highest BCUT2D eigenvalue weighted by molar-refractivity contribution is 6.74. The van der Waals surface area contributed by atoms with Crippen molar-refractivity contribution in [3.05, 3.63) is 65.2 Å². The summed E-state index contributed by atoms with van der Waals surface area (Å²) in [6.45, 7) is 14.5. The van der Waals surface area contributed by atoms with Gasteiger partial charge >= 0.3 is 6.18 Å². The Labute approximate surface area is 208 Å². The van der Waals surface area contributed by atoms with Crippen LogP contribution < -0.4 is 10.1 Å². The van der Waals surface area contributed by atoms with Gasteiger partial charge < -0.3 is 14.5 Å². The van der Waals surface area contributed by atoms with Crippen LogP contribution in [0.5, 0.6) is 5.75 Å². The van der Waals surface area contributed by atoms with Crippen molar-refractivity contribution in [1.29, 1.82) is 0 Å².